The van der Waals surface area contributed by atoms with Crippen LogP contribution in [0.3, 0.4) is 0 Å². The molecule has 10 nitrogen and oxygen atoms in total. The molecule has 0 radical (unpaired) electrons. The SMILES string of the molecule is C[C@H](Nc1nc(=NC2CC2)n2nc/c(=C\c3[nH]c(=O)[nH]c3O)c2n1)c1ccc(C(F)(F)F)cc1. The van der Waals surface area contributed by atoms with Crippen LogP contribution in [0.5, 0.6) is 5.88 Å². The zero-order valence-corrected chi connectivity index (χ0v) is 17.8. The second kappa shape index (κ2) is 8.01. The van der Waals surface area contributed by atoms with Crippen molar-refractivity contribution in [2.45, 2.75) is 38.0 Å². The van der Waals surface area contributed by atoms with Crippen LogP contribution in [0.2, 0.25) is 0 Å². The molecule has 1 aliphatic rings. The van der Waals surface area contributed by atoms with Crippen LogP contribution in [0.25, 0.3) is 11.7 Å². The number of hydrogen-bond donors (Lipinski definition) is 4. The zero-order chi connectivity index (χ0) is 24.0. The summed E-state index contributed by atoms with van der Waals surface area (Å²) in [6, 6.07) is 4.59. The Morgan fingerprint density at radius 2 is 1.97 bits per heavy atom. The van der Waals surface area contributed by atoms with E-state index in [9.17, 15) is 23.1 Å². The predicted octanol–water partition coefficient (Wildman–Crippen LogP) is 1.65. The summed E-state index contributed by atoms with van der Waals surface area (Å²) in [5.41, 5.74) is 0.183. The first-order chi connectivity index (χ1) is 16.2. The summed E-state index contributed by atoms with van der Waals surface area (Å²) in [4.78, 5) is 29.7. The molecule has 1 fully saturated rings. The summed E-state index contributed by atoms with van der Waals surface area (Å²) in [6.07, 6.45) is 0.482. The summed E-state index contributed by atoms with van der Waals surface area (Å²) in [5.74, 6) is -0.114. The lowest BCUT2D eigenvalue weighted by molar-refractivity contribution is -0.137. The lowest BCUT2D eigenvalue weighted by Crippen LogP contribution is -2.25. The highest BCUT2D eigenvalue weighted by Crippen LogP contribution is 2.30. The van der Waals surface area contributed by atoms with E-state index in [0.717, 1.165) is 25.0 Å². The van der Waals surface area contributed by atoms with Crippen LogP contribution >= 0.6 is 0 Å². The fraction of sp³-hybridized carbons (Fsp3) is 0.286. The average molecular weight is 472 g/mol. The molecule has 0 saturated heterocycles. The normalized spacial score (nSPS) is 16.4. The van der Waals surface area contributed by atoms with Gasteiger partial charge in [-0.2, -0.15) is 32.8 Å². The molecule has 0 amide bonds. The number of nitrogens with zero attached hydrogens (tertiary/aromatic N) is 5. The van der Waals surface area contributed by atoms with Gasteiger partial charge in [-0.1, -0.05) is 12.1 Å². The molecule has 3 aromatic heterocycles. The molecule has 4 aromatic rings. The molecular formula is C21H19F3N8O2. The van der Waals surface area contributed by atoms with E-state index in [1.54, 1.807) is 6.92 Å². The van der Waals surface area contributed by atoms with Gasteiger partial charge in [0.05, 0.1) is 23.8 Å². The molecule has 0 unspecified atom stereocenters. The lowest BCUT2D eigenvalue weighted by Gasteiger charge is -2.15. The first kappa shape index (κ1) is 21.7. The number of aromatic hydroxyl groups is 1. The van der Waals surface area contributed by atoms with Gasteiger partial charge < -0.3 is 15.4 Å². The number of imidazole rings is 1. The molecule has 1 atom stereocenters. The summed E-state index contributed by atoms with van der Waals surface area (Å²) in [7, 11) is 0. The molecule has 4 N–H and O–H groups in total. The summed E-state index contributed by atoms with van der Waals surface area (Å²) in [5, 5.41) is 17.8. The Hall–Kier alpha value is -4.16. The van der Waals surface area contributed by atoms with Crippen LogP contribution < -0.4 is 21.8 Å². The molecule has 34 heavy (non-hydrogen) atoms. The second-order valence-electron chi connectivity index (χ2n) is 8.01. The maximum Gasteiger partial charge on any atom is 0.416 e. The van der Waals surface area contributed by atoms with Crippen LogP contribution in [-0.2, 0) is 6.18 Å². The highest BCUT2D eigenvalue weighted by atomic mass is 19.4. The van der Waals surface area contributed by atoms with Crippen LogP contribution in [0.4, 0.5) is 19.1 Å². The van der Waals surface area contributed by atoms with Crippen molar-refractivity contribution < 1.29 is 18.3 Å². The molecule has 0 aliphatic heterocycles. The molecule has 5 rings (SSSR count). The number of nitrogens with one attached hydrogen (secondary N) is 3. The zero-order valence-electron chi connectivity index (χ0n) is 17.8. The van der Waals surface area contributed by atoms with E-state index < -0.39 is 23.5 Å². The van der Waals surface area contributed by atoms with Crippen LogP contribution in [-0.4, -0.2) is 40.7 Å². The van der Waals surface area contributed by atoms with Gasteiger partial charge in [-0.25, -0.2) is 9.79 Å². The molecular weight excluding hydrogens is 453 g/mol. The number of benzene rings is 1. The van der Waals surface area contributed by atoms with Crippen molar-refractivity contribution in [3.8, 4) is 5.88 Å². The predicted molar refractivity (Wildman–Crippen MR) is 115 cm³/mol. The van der Waals surface area contributed by atoms with E-state index in [1.165, 1.54) is 28.9 Å². The summed E-state index contributed by atoms with van der Waals surface area (Å²) >= 11 is 0. The van der Waals surface area contributed by atoms with Crippen molar-refractivity contribution in [1.29, 1.82) is 0 Å². The number of H-pyrrole nitrogens is 2. The third kappa shape index (κ3) is 4.36. The number of rotatable bonds is 5. The van der Waals surface area contributed by atoms with E-state index in [2.05, 4.69) is 35.3 Å². The maximum atomic E-state index is 12.9. The van der Waals surface area contributed by atoms with Gasteiger partial charge in [0.1, 0.15) is 5.69 Å². The molecule has 3 heterocycles. The smallest absolute Gasteiger partial charge is 0.416 e. The minimum atomic E-state index is -4.41. The monoisotopic (exact) mass is 472 g/mol. The third-order valence-electron chi connectivity index (χ3n) is 5.34. The standard InChI is InChI=1S/C21H19F3N8O2/c1-10(11-2-4-13(5-3-11)21(22,23)24)26-18-29-16-12(8-15-17(33)30-20(34)28-15)9-25-32(16)19(31-18)27-14-6-7-14/h2-5,8-10,14,33H,6-7H2,1H3,(H,26,27,31)(H2,28,30,34)/b12-8+/t10-/m0/s1. The van der Waals surface area contributed by atoms with E-state index in [0.29, 0.717) is 22.0 Å². The van der Waals surface area contributed by atoms with Crippen molar-refractivity contribution in [3.05, 3.63) is 68.6 Å². The number of halogens is 3. The molecule has 13 heteroatoms. The van der Waals surface area contributed by atoms with Crippen LogP contribution in [0.15, 0.2) is 40.2 Å². The Labute approximate surface area is 188 Å². The van der Waals surface area contributed by atoms with Gasteiger partial charge in [-0.05, 0) is 43.5 Å². The first-order valence-corrected chi connectivity index (χ1v) is 10.4. The fourth-order valence-corrected chi connectivity index (χ4v) is 3.38. The number of hydrogen-bond acceptors (Lipinski definition) is 7. The summed E-state index contributed by atoms with van der Waals surface area (Å²) in [6.45, 7) is 1.78. The third-order valence-corrected chi connectivity index (χ3v) is 5.34. The van der Waals surface area contributed by atoms with Crippen molar-refractivity contribution in [2.75, 3.05) is 5.32 Å². The van der Waals surface area contributed by atoms with E-state index >= 15 is 0 Å². The van der Waals surface area contributed by atoms with E-state index in [1.807, 2.05) is 0 Å². The van der Waals surface area contributed by atoms with Gasteiger partial charge >= 0.3 is 11.9 Å². The topological polar surface area (TPSA) is 136 Å². The van der Waals surface area contributed by atoms with Gasteiger partial charge in [-0.15, -0.1) is 0 Å². The van der Waals surface area contributed by atoms with Gasteiger partial charge in [-0.3, -0.25) is 4.98 Å². The quantitative estimate of drug-likeness (QED) is 0.349. The highest BCUT2D eigenvalue weighted by molar-refractivity contribution is 5.57. The highest BCUT2D eigenvalue weighted by Gasteiger charge is 2.30. The van der Waals surface area contributed by atoms with Crippen molar-refractivity contribution in [3.63, 3.8) is 0 Å². The minimum absolute atomic E-state index is 0.139. The number of alkyl halides is 3. The van der Waals surface area contributed by atoms with Crippen molar-refractivity contribution >= 4 is 17.7 Å². The largest absolute Gasteiger partial charge is 0.493 e. The average Bonchev–Trinajstić information content (AvgIpc) is 3.42. The Morgan fingerprint density at radius 1 is 1.24 bits per heavy atom. The van der Waals surface area contributed by atoms with Gasteiger partial charge in [0.15, 0.2) is 5.65 Å². The molecule has 0 spiro atoms. The van der Waals surface area contributed by atoms with E-state index in [-0.39, 0.29) is 23.6 Å². The number of fused-ring (bicyclic) bond motifs is 1. The lowest BCUT2D eigenvalue weighted by atomic mass is 10.1. The van der Waals surface area contributed by atoms with Crippen molar-refractivity contribution in [2.24, 2.45) is 4.99 Å². The van der Waals surface area contributed by atoms with Gasteiger partial charge in [0.25, 0.3) is 5.62 Å². The number of aromatic nitrogens is 6. The van der Waals surface area contributed by atoms with Crippen LogP contribution in [0, 0.1) is 0 Å². The Morgan fingerprint density at radius 3 is 2.59 bits per heavy atom. The fourth-order valence-electron chi connectivity index (χ4n) is 3.38. The molecule has 176 valence electrons. The Bertz CT molecular complexity index is 1530. The minimum Gasteiger partial charge on any atom is -0.493 e. The maximum absolute atomic E-state index is 12.9. The van der Waals surface area contributed by atoms with E-state index in [4.69, 9.17) is 0 Å². The van der Waals surface area contributed by atoms with Crippen LogP contribution in [0.1, 0.15) is 42.6 Å². The number of anilines is 1. The second-order valence-corrected chi connectivity index (χ2v) is 8.01. The van der Waals surface area contributed by atoms with Gasteiger partial charge in [0.2, 0.25) is 11.8 Å². The Kier molecular flexibility index (Phi) is 5.10. The first-order valence-electron chi connectivity index (χ1n) is 10.4. The Balaban J connectivity index is 1.54. The molecule has 0 bridgehead atoms. The summed E-state index contributed by atoms with van der Waals surface area (Å²) < 4.78 is 40.1. The molecule has 1 saturated carbocycles. The molecule has 1 aromatic carbocycles. The van der Waals surface area contributed by atoms with Crippen molar-refractivity contribution in [1.82, 2.24) is 29.5 Å². The molecule has 1 aliphatic carbocycles. The number of aromatic amines is 2. The van der Waals surface area contributed by atoms with Gasteiger partial charge in [0, 0.05) is 5.22 Å².